The molecule has 1 fully saturated rings. The molecule has 2 aliphatic rings. The molecule has 1 aliphatic carbocycles. The SMILES string of the molecule is O=C(NC1CCCCCCC1)[C@H]1c2cccn2CC(=O)N1Cc1ccccc1. The lowest BCUT2D eigenvalue weighted by Gasteiger charge is -2.37. The van der Waals surface area contributed by atoms with E-state index in [1.54, 1.807) is 4.90 Å². The van der Waals surface area contributed by atoms with Crippen LogP contribution in [0.4, 0.5) is 0 Å². The van der Waals surface area contributed by atoms with Gasteiger partial charge < -0.3 is 14.8 Å². The first-order valence-electron chi connectivity index (χ1n) is 10.5. The molecule has 148 valence electrons. The number of aromatic nitrogens is 1. The van der Waals surface area contributed by atoms with Crippen molar-refractivity contribution in [3.05, 3.63) is 59.9 Å². The monoisotopic (exact) mass is 379 g/mol. The molecular formula is C23H29N3O2. The van der Waals surface area contributed by atoms with Crippen molar-refractivity contribution in [2.75, 3.05) is 0 Å². The number of benzene rings is 1. The number of fused-ring (bicyclic) bond motifs is 1. The van der Waals surface area contributed by atoms with Gasteiger partial charge in [-0.15, -0.1) is 0 Å². The summed E-state index contributed by atoms with van der Waals surface area (Å²) in [6.45, 7) is 0.746. The van der Waals surface area contributed by atoms with Gasteiger partial charge in [-0.05, 0) is 30.5 Å². The summed E-state index contributed by atoms with van der Waals surface area (Å²) in [5.74, 6) is -0.0557. The maximum absolute atomic E-state index is 13.4. The van der Waals surface area contributed by atoms with Crippen LogP contribution in [0.25, 0.3) is 0 Å². The topological polar surface area (TPSA) is 54.3 Å². The van der Waals surface area contributed by atoms with Crippen LogP contribution in [0.3, 0.4) is 0 Å². The molecule has 1 N–H and O–H groups in total. The second-order valence-corrected chi connectivity index (χ2v) is 8.02. The summed E-state index contributed by atoms with van der Waals surface area (Å²) < 4.78 is 1.91. The van der Waals surface area contributed by atoms with E-state index in [0.717, 1.165) is 24.1 Å². The van der Waals surface area contributed by atoms with E-state index in [1.165, 1.54) is 32.1 Å². The molecule has 5 heteroatoms. The molecule has 2 amide bonds. The minimum atomic E-state index is -0.568. The van der Waals surface area contributed by atoms with Gasteiger partial charge in [0, 0.05) is 18.8 Å². The minimum Gasteiger partial charge on any atom is -0.351 e. The van der Waals surface area contributed by atoms with Crippen LogP contribution in [-0.2, 0) is 22.7 Å². The van der Waals surface area contributed by atoms with Crippen molar-refractivity contribution in [2.24, 2.45) is 0 Å². The van der Waals surface area contributed by atoms with Crippen LogP contribution in [-0.4, -0.2) is 27.3 Å². The van der Waals surface area contributed by atoms with Crippen molar-refractivity contribution >= 4 is 11.8 Å². The number of nitrogens with zero attached hydrogens (tertiary/aromatic N) is 2. The van der Waals surface area contributed by atoms with E-state index in [0.29, 0.717) is 13.1 Å². The maximum atomic E-state index is 13.4. The van der Waals surface area contributed by atoms with Gasteiger partial charge in [0.1, 0.15) is 6.54 Å². The highest BCUT2D eigenvalue weighted by atomic mass is 16.2. The normalized spacial score (nSPS) is 20.9. The number of hydrogen-bond acceptors (Lipinski definition) is 2. The molecule has 0 radical (unpaired) electrons. The number of hydrogen-bond donors (Lipinski definition) is 1. The number of amides is 2. The third-order valence-electron chi connectivity index (χ3n) is 5.98. The van der Waals surface area contributed by atoms with Gasteiger partial charge in [-0.3, -0.25) is 9.59 Å². The minimum absolute atomic E-state index is 0.00892. The van der Waals surface area contributed by atoms with Gasteiger partial charge in [0.2, 0.25) is 11.8 Å². The maximum Gasteiger partial charge on any atom is 0.249 e. The van der Waals surface area contributed by atoms with E-state index in [1.807, 2.05) is 53.2 Å². The molecule has 0 bridgehead atoms. The summed E-state index contributed by atoms with van der Waals surface area (Å²) >= 11 is 0. The van der Waals surface area contributed by atoms with Gasteiger partial charge in [0.25, 0.3) is 0 Å². The number of carbonyl (C=O) groups excluding carboxylic acids is 2. The Balaban J connectivity index is 1.56. The molecule has 1 aromatic carbocycles. The zero-order chi connectivity index (χ0) is 19.3. The molecule has 4 rings (SSSR count). The molecule has 0 unspecified atom stereocenters. The molecule has 5 nitrogen and oxygen atoms in total. The number of carbonyl (C=O) groups is 2. The second-order valence-electron chi connectivity index (χ2n) is 8.02. The first kappa shape index (κ1) is 18.8. The summed E-state index contributed by atoms with van der Waals surface area (Å²) in [5, 5.41) is 3.28. The van der Waals surface area contributed by atoms with E-state index in [-0.39, 0.29) is 17.9 Å². The van der Waals surface area contributed by atoms with E-state index in [9.17, 15) is 9.59 Å². The Morgan fingerprint density at radius 3 is 2.43 bits per heavy atom. The quantitative estimate of drug-likeness (QED) is 0.878. The standard InChI is InChI=1S/C23H29N3O2/c27-21-17-25-15-9-14-20(25)22(26(21)16-18-10-5-4-6-11-18)23(28)24-19-12-7-2-1-3-8-13-19/h4-6,9-11,14-15,19,22H,1-3,7-8,12-13,16-17H2,(H,24,28)/t22-/m1/s1. The van der Waals surface area contributed by atoms with Crippen LogP contribution in [0.5, 0.6) is 0 Å². The zero-order valence-corrected chi connectivity index (χ0v) is 16.3. The summed E-state index contributed by atoms with van der Waals surface area (Å²) in [5.41, 5.74) is 1.94. The molecule has 2 aromatic rings. The number of nitrogens with one attached hydrogen (secondary N) is 1. The largest absolute Gasteiger partial charge is 0.351 e. The molecule has 1 saturated carbocycles. The molecule has 1 aliphatic heterocycles. The summed E-state index contributed by atoms with van der Waals surface area (Å²) in [6.07, 6.45) is 10.1. The highest BCUT2D eigenvalue weighted by Gasteiger charge is 2.37. The van der Waals surface area contributed by atoms with Gasteiger partial charge in [-0.25, -0.2) is 0 Å². The molecule has 28 heavy (non-hydrogen) atoms. The molecule has 0 spiro atoms. The predicted octanol–water partition coefficient (Wildman–Crippen LogP) is 3.80. The highest BCUT2D eigenvalue weighted by Crippen LogP contribution is 2.29. The molecular weight excluding hydrogens is 350 g/mol. The lowest BCUT2D eigenvalue weighted by Crippen LogP contribution is -2.50. The summed E-state index contributed by atoms with van der Waals surface area (Å²) in [7, 11) is 0. The van der Waals surface area contributed by atoms with Gasteiger partial charge in [0.15, 0.2) is 6.04 Å². The van der Waals surface area contributed by atoms with E-state index in [2.05, 4.69) is 5.32 Å². The Hall–Kier alpha value is -2.56. The van der Waals surface area contributed by atoms with E-state index in [4.69, 9.17) is 0 Å². The molecule has 1 atom stereocenters. The summed E-state index contributed by atoms with van der Waals surface area (Å²) in [4.78, 5) is 28.0. The van der Waals surface area contributed by atoms with Crippen molar-refractivity contribution in [1.82, 2.24) is 14.8 Å². The van der Waals surface area contributed by atoms with E-state index >= 15 is 0 Å². The smallest absolute Gasteiger partial charge is 0.249 e. The Morgan fingerprint density at radius 1 is 0.964 bits per heavy atom. The first-order chi connectivity index (χ1) is 13.7. The van der Waals surface area contributed by atoms with Crippen LogP contribution < -0.4 is 5.32 Å². The average molecular weight is 380 g/mol. The van der Waals surface area contributed by atoms with Crippen LogP contribution in [0.15, 0.2) is 48.7 Å². The summed E-state index contributed by atoms with van der Waals surface area (Å²) in [6, 6.07) is 13.4. The fourth-order valence-corrected chi connectivity index (χ4v) is 4.48. The predicted molar refractivity (Wildman–Crippen MR) is 108 cm³/mol. The van der Waals surface area contributed by atoms with E-state index < -0.39 is 6.04 Å². The Morgan fingerprint density at radius 2 is 1.68 bits per heavy atom. The first-order valence-corrected chi connectivity index (χ1v) is 10.5. The number of rotatable bonds is 4. The Bertz CT molecular complexity index is 806. The second kappa shape index (κ2) is 8.63. The van der Waals surface area contributed by atoms with Crippen molar-refractivity contribution in [2.45, 2.75) is 70.1 Å². The fraction of sp³-hybridized carbons (Fsp3) is 0.478. The van der Waals surface area contributed by atoms with Gasteiger partial charge in [-0.2, -0.15) is 0 Å². The highest BCUT2D eigenvalue weighted by molar-refractivity contribution is 5.90. The van der Waals surface area contributed by atoms with Crippen molar-refractivity contribution < 1.29 is 9.59 Å². The molecule has 2 heterocycles. The third-order valence-corrected chi connectivity index (χ3v) is 5.98. The lowest BCUT2D eigenvalue weighted by atomic mass is 9.96. The lowest BCUT2D eigenvalue weighted by molar-refractivity contribution is -0.144. The Kier molecular flexibility index (Phi) is 5.79. The van der Waals surface area contributed by atoms with Crippen molar-refractivity contribution in [1.29, 1.82) is 0 Å². The third kappa shape index (κ3) is 4.13. The van der Waals surface area contributed by atoms with Gasteiger partial charge in [-0.1, -0.05) is 62.4 Å². The fourth-order valence-electron chi connectivity index (χ4n) is 4.48. The zero-order valence-electron chi connectivity index (χ0n) is 16.3. The van der Waals surface area contributed by atoms with Crippen molar-refractivity contribution in [3.8, 4) is 0 Å². The van der Waals surface area contributed by atoms with Gasteiger partial charge in [0.05, 0.1) is 5.69 Å². The molecule has 0 saturated heterocycles. The Labute approximate surface area is 166 Å². The average Bonchev–Trinajstić information content (AvgIpc) is 3.12. The van der Waals surface area contributed by atoms with Crippen LogP contribution in [0.1, 0.15) is 62.2 Å². The van der Waals surface area contributed by atoms with Crippen LogP contribution in [0.2, 0.25) is 0 Å². The van der Waals surface area contributed by atoms with Crippen LogP contribution in [0, 0.1) is 0 Å². The molecule has 1 aromatic heterocycles. The van der Waals surface area contributed by atoms with Crippen LogP contribution >= 0.6 is 0 Å². The van der Waals surface area contributed by atoms with Gasteiger partial charge >= 0.3 is 0 Å². The van der Waals surface area contributed by atoms with Crippen molar-refractivity contribution in [3.63, 3.8) is 0 Å².